The van der Waals surface area contributed by atoms with Crippen LogP contribution >= 0.6 is 31.9 Å². The number of carbonyl (C=O) groups is 4. The Hall–Kier alpha value is -1.58. The summed E-state index contributed by atoms with van der Waals surface area (Å²) < 4.78 is 28.1. The first-order valence-electron chi connectivity index (χ1n) is 14.0. The fourth-order valence-corrected chi connectivity index (χ4v) is 3.62. The maximum Gasteiger partial charge on any atom is 0.333 e. The smallest absolute Gasteiger partial charge is 0.333 e. The highest BCUT2D eigenvalue weighted by atomic mass is 79.9. The lowest BCUT2D eigenvalue weighted by Gasteiger charge is -2.30. The highest BCUT2D eigenvalue weighted by Gasteiger charge is 2.42. The monoisotopic (exact) mass is 762 g/mol. The van der Waals surface area contributed by atoms with Gasteiger partial charge in [-0.15, -0.1) is 0 Å². The Morgan fingerprint density at radius 3 is 1.39 bits per heavy atom. The standard InChI is InChI=1S/C15H28BrNO5.C8H15NO2.C7H13BrO3/c1-14(2,12(18)22-10-9-20-6)11-15(3,16)13(19)21-8-7-17(4)5;1-7(2)8(10)11-6-5-9(3)4;1-7(2,8)6(9)11-5-4-10-3/h7-11H2,1-6H3;1,5-6H2,2-4H3;4-5H2,1-3H3. The summed E-state index contributed by atoms with van der Waals surface area (Å²) in [6.45, 7) is 17.2. The van der Waals surface area contributed by atoms with E-state index in [9.17, 15) is 19.2 Å². The van der Waals surface area contributed by atoms with Gasteiger partial charge in [0, 0.05) is 32.9 Å². The van der Waals surface area contributed by atoms with Gasteiger partial charge in [-0.1, -0.05) is 38.4 Å². The number of ether oxygens (including phenoxy) is 6. The van der Waals surface area contributed by atoms with Gasteiger partial charge in [-0.2, -0.15) is 0 Å². The highest BCUT2D eigenvalue weighted by Crippen LogP contribution is 2.35. The van der Waals surface area contributed by atoms with E-state index in [1.165, 1.54) is 7.11 Å². The third kappa shape index (κ3) is 26.8. The van der Waals surface area contributed by atoms with Gasteiger partial charge in [0.15, 0.2) is 0 Å². The average Bonchev–Trinajstić information content (AvgIpc) is 2.87. The number of esters is 4. The van der Waals surface area contributed by atoms with Crippen LogP contribution in [-0.4, -0.2) is 137 Å². The number of alkyl halides is 2. The zero-order chi connectivity index (χ0) is 35.1. The van der Waals surface area contributed by atoms with E-state index in [1.807, 2.05) is 38.0 Å². The molecule has 14 heteroatoms. The first kappa shape index (κ1) is 46.8. The molecule has 0 spiro atoms. The van der Waals surface area contributed by atoms with Gasteiger partial charge in [0.05, 0.1) is 18.6 Å². The fourth-order valence-electron chi connectivity index (χ4n) is 2.69. The van der Waals surface area contributed by atoms with Crippen molar-refractivity contribution in [3.8, 4) is 0 Å². The Balaban J connectivity index is -0.000000640. The molecule has 0 aromatic carbocycles. The molecule has 0 aromatic heterocycles. The van der Waals surface area contributed by atoms with E-state index < -0.39 is 14.1 Å². The summed E-state index contributed by atoms with van der Waals surface area (Å²) in [5.41, 5.74) is -0.365. The van der Waals surface area contributed by atoms with Crippen LogP contribution < -0.4 is 0 Å². The molecule has 0 heterocycles. The van der Waals surface area contributed by atoms with Crippen LogP contribution in [0.3, 0.4) is 0 Å². The minimum Gasteiger partial charge on any atom is -0.463 e. The van der Waals surface area contributed by atoms with Gasteiger partial charge in [0.1, 0.15) is 35.1 Å². The van der Waals surface area contributed by atoms with Gasteiger partial charge < -0.3 is 38.2 Å². The number of methoxy groups -OCH3 is 2. The van der Waals surface area contributed by atoms with Crippen LogP contribution in [0.1, 0.15) is 48.0 Å². The van der Waals surface area contributed by atoms with Gasteiger partial charge in [-0.05, 0) is 76.2 Å². The second kappa shape index (κ2) is 24.6. The molecule has 0 fully saturated rings. The number of hydrogen-bond donors (Lipinski definition) is 0. The summed E-state index contributed by atoms with van der Waals surface area (Å²) in [6, 6.07) is 0. The molecule has 0 bridgehead atoms. The van der Waals surface area contributed by atoms with Crippen molar-refractivity contribution in [1.82, 2.24) is 9.80 Å². The highest BCUT2D eigenvalue weighted by molar-refractivity contribution is 9.10. The molecule has 0 aromatic rings. The van der Waals surface area contributed by atoms with E-state index in [1.54, 1.807) is 48.7 Å². The van der Waals surface area contributed by atoms with Gasteiger partial charge >= 0.3 is 23.9 Å². The third-order valence-corrected chi connectivity index (χ3v) is 6.10. The first-order valence-corrected chi connectivity index (χ1v) is 15.6. The molecule has 0 aliphatic rings. The van der Waals surface area contributed by atoms with Crippen LogP contribution in [0.5, 0.6) is 0 Å². The number of halogens is 2. The molecule has 1 unspecified atom stereocenters. The van der Waals surface area contributed by atoms with Gasteiger partial charge in [0.25, 0.3) is 0 Å². The van der Waals surface area contributed by atoms with Crippen LogP contribution in [0.15, 0.2) is 12.2 Å². The quantitative estimate of drug-likeness (QED) is 0.0661. The molecule has 0 N–H and O–H groups in total. The van der Waals surface area contributed by atoms with E-state index >= 15 is 0 Å². The SMILES string of the molecule is C=C(C)C(=O)OCCN(C)C.COCCOC(=O)C(C)(C)Br.COCCOC(=O)C(C)(C)CC(C)(Br)C(=O)OCCN(C)C. The molecule has 12 nitrogen and oxygen atoms in total. The second-order valence-electron chi connectivity index (χ2n) is 11.6. The summed E-state index contributed by atoms with van der Waals surface area (Å²) in [4.78, 5) is 49.9. The van der Waals surface area contributed by atoms with Crippen LogP contribution in [0.2, 0.25) is 0 Å². The lowest BCUT2D eigenvalue weighted by Crippen LogP contribution is -2.40. The first-order chi connectivity index (χ1) is 20.0. The van der Waals surface area contributed by atoms with E-state index in [2.05, 4.69) is 38.4 Å². The molecular weight excluding hydrogens is 708 g/mol. The molecule has 0 aliphatic heterocycles. The molecule has 0 saturated heterocycles. The lowest BCUT2D eigenvalue weighted by atomic mass is 9.83. The van der Waals surface area contributed by atoms with Crippen molar-refractivity contribution in [2.45, 2.75) is 56.6 Å². The summed E-state index contributed by atoms with van der Waals surface area (Å²) in [5.74, 6) is -1.33. The lowest BCUT2D eigenvalue weighted by molar-refractivity contribution is -0.157. The predicted octanol–water partition coefficient (Wildman–Crippen LogP) is 3.87. The maximum absolute atomic E-state index is 12.1. The average molecular weight is 765 g/mol. The molecule has 0 aliphatic carbocycles. The summed E-state index contributed by atoms with van der Waals surface area (Å²) in [7, 11) is 10.8. The van der Waals surface area contributed by atoms with Gasteiger partial charge in [-0.3, -0.25) is 14.4 Å². The molecule has 260 valence electrons. The summed E-state index contributed by atoms with van der Waals surface area (Å²) in [5, 5.41) is 0. The normalized spacial score (nSPS) is 12.5. The molecule has 0 radical (unpaired) electrons. The maximum atomic E-state index is 12.1. The van der Waals surface area contributed by atoms with E-state index in [4.69, 9.17) is 28.4 Å². The zero-order valence-electron chi connectivity index (χ0n) is 28.8. The Bertz CT molecular complexity index is 857. The number of carbonyl (C=O) groups excluding carboxylic acids is 4. The number of likely N-dealkylation sites (N-methyl/N-ethyl adjacent to an activating group) is 2. The van der Waals surface area contributed by atoms with E-state index in [0.717, 1.165) is 6.54 Å². The topological polar surface area (TPSA) is 130 Å². The molecule has 0 saturated carbocycles. The van der Waals surface area contributed by atoms with E-state index in [0.29, 0.717) is 45.2 Å². The van der Waals surface area contributed by atoms with Crippen molar-refractivity contribution in [3.05, 3.63) is 12.2 Å². The summed E-state index contributed by atoms with van der Waals surface area (Å²) in [6.07, 6.45) is 0.270. The van der Waals surface area contributed by atoms with Crippen LogP contribution in [0.4, 0.5) is 0 Å². The minimum atomic E-state index is -0.941. The van der Waals surface area contributed by atoms with Crippen molar-refractivity contribution in [2.24, 2.45) is 5.41 Å². The molecule has 44 heavy (non-hydrogen) atoms. The number of rotatable bonds is 18. The molecule has 0 rings (SSSR count). The third-order valence-electron chi connectivity index (χ3n) is 5.17. The number of hydrogen-bond acceptors (Lipinski definition) is 12. The zero-order valence-corrected chi connectivity index (χ0v) is 32.0. The summed E-state index contributed by atoms with van der Waals surface area (Å²) >= 11 is 6.56. The second-order valence-corrected chi connectivity index (χ2v) is 15.4. The van der Waals surface area contributed by atoms with Crippen molar-refractivity contribution >= 4 is 55.7 Å². The van der Waals surface area contributed by atoms with Crippen molar-refractivity contribution in [3.63, 3.8) is 0 Å². The minimum absolute atomic E-state index is 0.199. The largest absolute Gasteiger partial charge is 0.463 e. The molecular formula is C30H56Br2N2O10. The molecule has 0 amide bonds. The van der Waals surface area contributed by atoms with Crippen LogP contribution in [-0.2, 0) is 47.6 Å². The fraction of sp³-hybridized carbons (Fsp3) is 0.800. The Labute approximate surface area is 281 Å². The van der Waals surface area contributed by atoms with Gasteiger partial charge in [-0.25, -0.2) is 4.79 Å². The van der Waals surface area contributed by atoms with Crippen molar-refractivity contribution in [1.29, 1.82) is 0 Å². The van der Waals surface area contributed by atoms with E-state index in [-0.39, 0.29) is 36.9 Å². The van der Waals surface area contributed by atoms with Crippen molar-refractivity contribution < 1.29 is 47.6 Å². The van der Waals surface area contributed by atoms with Crippen LogP contribution in [0, 0.1) is 5.41 Å². The van der Waals surface area contributed by atoms with Crippen LogP contribution in [0.25, 0.3) is 0 Å². The number of nitrogens with zero attached hydrogens (tertiary/aromatic N) is 2. The predicted molar refractivity (Wildman–Crippen MR) is 178 cm³/mol. The Morgan fingerprint density at radius 1 is 0.636 bits per heavy atom. The van der Waals surface area contributed by atoms with Gasteiger partial charge in [0.2, 0.25) is 0 Å². The molecule has 1 atom stereocenters. The van der Waals surface area contributed by atoms with Crippen molar-refractivity contribution in [2.75, 3.05) is 95.1 Å². The Morgan fingerprint density at radius 2 is 1.02 bits per heavy atom. The Kier molecular flexibility index (Phi) is 26.2.